The van der Waals surface area contributed by atoms with Crippen LogP contribution < -0.4 is 16.6 Å². The van der Waals surface area contributed by atoms with Crippen LogP contribution in [-0.4, -0.2) is 32.3 Å². The lowest BCUT2D eigenvalue weighted by molar-refractivity contribution is 0.155. The molecule has 0 aromatic carbocycles. The number of guanidine groups is 1. The van der Waals surface area contributed by atoms with Gasteiger partial charge in [-0.1, -0.05) is 20.8 Å². The number of nitrogens with two attached hydrogens (primary N) is 1. The highest BCUT2D eigenvalue weighted by atomic mass is 16.5. The molecule has 0 rings (SSSR count). The highest BCUT2D eigenvalue weighted by Crippen LogP contribution is 2.01. The number of hydrazine groups is 1. The van der Waals surface area contributed by atoms with E-state index in [1.165, 1.54) is 0 Å². The fourth-order valence-corrected chi connectivity index (χ4v) is 1.11. The topological polar surface area (TPSA) is 71.7 Å². The van der Waals surface area contributed by atoms with E-state index in [1.807, 2.05) is 0 Å². The van der Waals surface area contributed by atoms with Crippen molar-refractivity contribution in [3.63, 3.8) is 0 Å². The molecule has 0 aromatic heterocycles. The lowest BCUT2D eigenvalue weighted by Gasteiger charge is -2.23. The van der Waals surface area contributed by atoms with Crippen molar-refractivity contribution >= 4 is 5.96 Å². The van der Waals surface area contributed by atoms with Crippen LogP contribution in [-0.2, 0) is 4.74 Å². The maximum atomic E-state index is 5.37. The molecule has 15 heavy (non-hydrogen) atoms. The van der Waals surface area contributed by atoms with E-state index >= 15 is 0 Å². The molecular formula is C10H24N4O. The normalized spacial score (nSPS) is 14.1. The van der Waals surface area contributed by atoms with Gasteiger partial charge in [0.15, 0.2) is 0 Å². The van der Waals surface area contributed by atoms with Crippen LogP contribution in [0.25, 0.3) is 0 Å². The monoisotopic (exact) mass is 216 g/mol. The molecule has 5 nitrogen and oxygen atoms in total. The van der Waals surface area contributed by atoms with Crippen molar-refractivity contribution < 1.29 is 4.74 Å². The minimum absolute atomic E-state index is 0.224. The molecule has 0 heterocycles. The molecule has 1 unspecified atom stereocenters. The Bertz CT molecular complexity index is 182. The highest BCUT2D eigenvalue weighted by molar-refractivity contribution is 5.79. The van der Waals surface area contributed by atoms with Gasteiger partial charge in [-0.25, -0.2) is 5.84 Å². The summed E-state index contributed by atoms with van der Waals surface area (Å²) in [6.45, 7) is 7.75. The average Bonchev–Trinajstić information content (AvgIpc) is 2.22. The van der Waals surface area contributed by atoms with Gasteiger partial charge in [-0.3, -0.25) is 10.4 Å². The van der Waals surface area contributed by atoms with Gasteiger partial charge in [-0.05, 0) is 12.3 Å². The molecule has 0 aliphatic rings. The van der Waals surface area contributed by atoms with Crippen LogP contribution in [0.15, 0.2) is 4.99 Å². The van der Waals surface area contributed by atoms with Crippen LogP contribution in [0.2, 0.25) is 0 Å². The van der Waals surface area contributed by atoms with Gasteiger partial charge in [0.1, 0.15) is 0 Å². The average molecular weight is 216 g/mol. The van der Waals surface area contributed by atoms with Gasteiger partial charge in [0.05, 0.1) is 12.6 Å². The van der Waals surface area contributed by atoms with Crippen LogP contribution in [0, 0.1) is 5.92 Å². The number of hydrogen-bond acceptors (Lipinski definition) is 3. The van der Waals surface area contributed by atoms with Gasteiger partial charge in [0, 0.05) is 13.7 Å². The number of rotatable bonds is 6. The van der Waals surface area contributed by atoms with Crippen molar-refractivity contribution in [1.29, 1.82) is 0 Å². The van der Waals surface area contributed by atoms with Crippen molar-refractivity contribution in [3.8, 4) is 0 Å². The van der Waals surface area contributed by atoms with E-state index in [2.05, 4.69) is 36.5 Å². The van der Waals surface area contributed by atoms with E-state index in [4.69, 9.17) is 10.6 Å². The second kappa shape index (κ2) is 8.49. The second-order valence-electron chi connectivity index (χ2n) is 3.82. The molecule has 0 aliphatic heterocycles. The molecule has 0 saturated carbocycles. The van der Waals surface area contributed by atoms with E-state index in [0.29, 0.717) is 18.5 Å². The highest BCUT2D eigenvalue weighted by Gasteiger charge is 2.13. The fraction of sp³-hybridized carbons (Fsp3) is 0.900. The molecule has 4 N–H and O–H groups in total. The SMILES string of the molecule is CCCN=C(NN)NC(COC)C(C)C. The van der Waals surface area contributed by atoms with Crippen molar-refractivity contribution in [2.45, 2.75) is 33.2 Å². The maximum absolute atomic E-state index is 5.37. The van der Waals surface area contributed by atoms with E-state index in [0.717, 1.165) is 13.0 Å². The van der Waals surface area contributed by atoms with Crippen LogP contribution in [0.3, 0.4) is 0 Å². The molecule has 0 saturated heterocycles. The molecule has 1 atom stereocenters. The first kappa shape index (κ1) is 14.2. The van der Waals surface area contributed by atoms with Gasteiger partial charge in [-0.15, -0.1) is 0 Å². The quantitative estimate of drug-likeness (QED) is 0.261. The lowest BCUT2D eigenvalue weighted by Crippen LogP contribution is -2.50. The summed E-state index contributed by atoms with van der Waals surface area (Å²) in [6, 6.07) is 0.224. The Balaban J connectivity index is 4.21. The molecule has 0 amide bonds. The van der Waals surface area contributed by atoms with Crippen molar-refractivity contribution in [3.05, 3.63) is 0 Å². The number of aliphatic imine (C=N–C) groups is 1. The molecule has 0 aliphatic carbocycles. The molecule has 0 spiro atoms. The summed E-state index contributed by atoms with van der Waals surface area (Å²) in [7, 11) is 1.69. The smallest absolute Gasteiger partial charge is 0.206 e. The molecule has 5 heteroatoms. The van der Waals surface area contributed by atoms with E-state index in [9.17, 15) is 0 Å². The fourth-order valence-electron chi connectivity index (χ4n) is 1.11. The third kappa shape index (κ3) is 6.30. The zero-order chi connectivity index (χ0) is 11.7. The number of methoxy groups -OCH3 is 1. The Morgan fingerprint density at radius 1 is 1.47 bits per heavy atom. The minimum atomic E-state index is 0.224. The molecular weight excluding hydrogens is 192 g/mol. The standard InChI is InChI=1S/C10H24N4O/c1-5-6-12-10(14-11)13-9(7-15-4)8(2)3/h8-9H,5-7,11H2,1-4H3,(H2,12,13,14). The number of nitrogens with zero attached hydrogens (tertiary/aromatic N) is 1. The van der Waals surface area contributed by atoms with Crippen LogP contribution in [0.1, 0.15) is 27.2 Å². The summed E-state index contributed by atoms with van der Waals surface area (Å²) in [4.78, 5) is 4.28. The Kier molecular flexibility index (Phi) is 8.04. The third-order valence-electron chi connectivity index (χ3n) is 2.10. The number of nitrogens with one attached hydrogen (secondary N) is 2. The number of ether oxygens (including phenoxy) is 1. The van der Waals surface area contributed by atoms with Gasteiger partial charge in [0.25, 0.3) is 0 Å². The second-order valence-corrected chi connectivity index (χ2v) is 3.82. The van der Waals surface area contributed by atoms with E-state index in [1.54, 1.807) is 7.11 Å². The van der Waals surface area contributed by atoms with E-state index < -0.39 is 0 Å². The summed E-state index contributed by atoms with van der Waals surface area (Å²) < 4.78 is 5.13. The Morgan fingerprint density at radius 3 is 2.53 bits per heavy atom. The summed E-state index contributed by atoms with van der Waals surface area (Å²) in [5, 5.41) is 3.23. The van der Waals surface area contributed by atoms with Crippen LogP contribution in [0.5, 0.6) is 0 Å². The predicted molar refractivity (Wildman–Crippen MR) is 63.6 cm³/mol. The molecule has 0 fully saturated rings. The first-order chi connectivity index (χ1) is 7.15. The largest absolute Gasteiger partial charge is 0.383 e. The van der Waals surface area contributed by atoms with Gasteiger partial charge >= 0.3 is 0 Å². The summed E-state index contributed by atoms with van der Waals surface area (Å²) in [5.74, 6) is 6.47. The van der Waals surface area contributed by atoms with Crippen molar-refractivity contribution in [2.24, 2.45) is 16.8 Å². The summed E-state index contributed by atoms with van der Waals surface area (Å²) >= 11 is 0. The Hall–Kier alpha value is -0.810. The van der Waals surface area contributed by atoms with Crippen LogP contribution >= 0.6 is 0 Å². The predicted octanol–water partition coefficient (Wildman–Crippen LogP) is 0.476. The maximum Gasteiger partial charge on any atom is 0.206 e. The Labute approximate surface area is 92.4 Å². The molecule has 90 valence electrons. The summed E-state index contributed by atoms with van der Waals surface area (Å²) in [6.07, 6.45) is 1.00. The number of hydrogen-bond donors (Lipinski definition) is 3. The van der Waals surface area contributed by atoms with Gasteiger partial charge in [-0.2, -0.15) is 0 Å². The third-order valence-corrected chi connectivity index (χ3v) is 2.10. The van der Waals surface area contributed by atoms with Gasteiger partial charge < -0.3 is 10.1 Å². The van der Waals surface area contributed by atoms with Crippen molar-refractivity contribution in [2.75, 3.05) is 20.3 Å². The summed E-state index contributed by atoms with van der Waals surface area (Å²) in [5.41, 5.74) is 2.56. The molecule has 0 bridgehead atoms. The Morgan fingerprint density at radius 2 is 2.13 bits per heavy atom. The molecule has 0 radical (unpaired) electrons. The zero-order valence-electron chi connectivity index (χ0n) is 10.2. The zero-order valence-corrected chi connectivity index (χ0v) is 10.2. The van der Waals surface area contributed by atoms with E-state index in [-0.39, 0.29) is 6.04 Å². The molecule has 0 aromatic rings. The first-order valence-electron chi connectivity index (χ1n) is 5.42. The minimum Gasteiger partial charge on any atom is -0.383 e. The first-order valence-corrected chi connectivity index (χ1v) is 5.42. The van der Waals surface area contributed by atoms with Crippen molar-refractivity contribution in [1.82, 2.24) is 10.7 Å². The van der Waals surface area contributed by atoms with Gasteiger partial charge in [0.2, 0.25) is 5.96 Å². The van der Waals surface area contributed by atoms with Crippen LogP contribution in [0.4, 0.5) is 0 Å². The lowest BCUT2D eigenvalue weighted by atomic mass is 10.1.